The fourth-order valence-electron chi connectivity index (χ4n) is 0.425. The van der Waals surface area contributed by atoms with E-state index in [1.165, 1.54) is 0 Å². The maximum absolute atomic E-state index is 8.13. The van der Waals surface area contributed by atoms with Crippen molar-refractivity contribution in [2.45, 2.75) is 25.8 Å². The van der Waals surface area contributed by atoms with E-state index in [4.69, 9.17) is 5.26 Å². The molecule has 0 aliphatic carbocycles. The Labute approximate surface area is 50.5 Å². The van der Waals surface area contributed by atoms with E-state index in [2.05, 4.69) is 18.3 Å². The van der Waals surface area contributed by atoms with Crippen LogP contribution in [0.2, 0.25) is 0 Å². The van der Waals surface area contributed by atoms with Crippen LogP contribution in [0, 0.1) is 11.3 Å². The molecule has 0 aromatic rings. The summed E-state index contributed by atoms with van der Waals surface area (Å²) >= 11 is 0. The van der Waals surface area contributed by atoms with Crippen LogP contribution in [0.5, 0.6) is 0 Å². The molecule has 0 aromatic heterocycles. The van der Waals surface area contributed by atoms with Crippen LogP contribution >= 0.6 is 0 Å². The van der Waals surface area contributed by atoms with E-state index in [0.717, 1.165) is 6.42 Å². The Hall–Kier alpha value is -0.550. The van der Waals surface area contributed by atoms with Gasteiger partial charge in [0.1, 0.15) is 0 Å². The van der Waals surface area contributed by atoms with E-state index in [1.807, 2.05) is 7.05 Å². The maximum atomic E-state index is 8.13. The zero-order chi connectivity index (χ0) is 6.41. The second kappa shape index (κ2) is 4.61. The van der Waals surface area contributed by atoms with E-state index >= 15 is 0 Å². The largest absolute Gasteiger partial charge is 0.317 e. The number of nitrogens with one attached hydrogen (secondary N) is 1. The molecular weight excluding hydrogens is 100 g/mol. The van der Waals surface area contributed by atoms with Gasteiger partial charge < -0.3 is 5.32 Å². The molecule has 1 N–H and O–H groups in total. The van der Waals surface area contributed by atoms with Crippen molar-refractivity contribution < 1.29 is 0 Å². The van der Waals surface area contributed by atoms with Crippen molar-refractivity contribution in [3.05, 3.63) is 0 Å². The molecule has 1 atom stereocenters. The van der Waals surface area contributed by atoms with E-state index in [0.29, 0.717) is 12.5 Å². The third-order valence-corrected chi connectivity index (χ3v) is 1.18. The smallest absolute Gasteiger partial charge is 0.0622 e. The van der Waals surface area contributed by atoms with Crippen molar-refractivity contribution in [2.24, 2.45) is 0 Å². The van der Waals surface area contributed by atoms with Gasteiger partial charge in [0.15, 0.2) is 0 Å². The summed E-state index contributed by atoms with van der Waals surface area (Å²) in [5.74, 6) is 0. The lowest BCUT2D eigenvalue weighted by Gasteiger charge is -2.04. The molecule has 0 saturated carbocycles. The van der Waals surface area contributed by atoms with E-state index in [1.54, 1.807) is 0 Å². The second-order valence-electron chi connectivity index (χ2n) is 1.89. The highest BCUT2D eigenvalue weighted by Gasteiger charge is 1.93. The van der Waals surface area contributed by atoms with Gasteiger partial charge in [0.2, 0.25) is 0 Å². The van der Waals surface area contributed by atoms with Crippen molar-refractivity contribution in [1.82, 2.24) is 5.32 Å². The second-order valence-corrected chi connectivity index (χ2v) is 1.89. The van der Waals surface area contributed by atoms with Crippen molar-refractivity contribution in [2.75, 3.05) is 7.05 Å². The molecule has 0 aliphatic rings. The highest BCUT2D eigenvalue weighted by atomic mass is 14.8. The van der Waals surface area contributed by atoms with Crippen LogP contribution in [0.15, 0.2) is 0 Å². The summed E-state index contributed by atoms with van der Waals surface area (Å²) in [7, 11) is 1.90. The van der Waals surface area contributed by atoms with E-state index in [-0.39, 0.29) is 0 Å². The first kappa shape index (κ1) is 7.45. The fourth-order valence-corrected chi connectivity index (χ4v) is 0.425. The fraction of sp³-hybridized carbons (Fsp3) is 0.833. The molecule has 0 aromatic carbocycles. The highest BCUT2D eigenvalue weighted by Crippen LogP contribution is 1.91. The van der Waals surface area contributed by atoms with Crippen molar-refractivity contribution in [3.63, 3.8) is 0 Å². The molecule has 46 valence electrons. The summed E-state index contributed by atoms with van der Waals surface area (Å²) in [6.07, 6.45) is 1.61. The highest BCUT2D eigenvalue weighted by molar-refractivity contribution is 4.71. The summed E-state index contributed by atoms with van der Waals surface area (Å²) in [5.41, 5.74) is 0. The molecule has 0 saturated heterocycles. The minimum absolute atomic E-state index is 0.481. The molecule has 0 spiro atoms. The molecule has 0 aliphatic heterocycles. The van der Waals surface area contributed by atoms with Crippen LogP contribution in [0.3, 0.4) is 0 Å². The van der Waals surface area contributed by atoms with Crippen molar-refractivity contribution in [3.8, 4) is 6.07 Å². The standard InChI is InChI=1S/C6H12N2/c1-6(8-2)4-3-5-7/h6,8H,3-4H2,1-2H3/t6-/m1/s1. The minimum atomic E-state index is 0.481. The van der Waals surface area contributed by atoms with Gasteiger partial charge in [-0.1, -0.05) is 0 Å². The minimum Gasteiger partial charge on any atom is -0.317 e. The zero-order valence-corrected chi connectivity index (χ0v) is 5.44. The predicted molar refractivity (Wildman–Crippen MR) is 33.4 cm³/mol. The molecule has 0 heterocycles. The van der Waals surface area contributed by atoms with Gasteiger partial charge >= 0.3 is 0 Å². The van der Waals surface area contributed by atoms with E-state index < -0.39 is 0 Å². The van der Waals surface area contributed by atoms with Gasteiger partial charge in [0.05, 0.1) is 6.07 Å². The van der Waals surface area contributed by atoms with Crippen LogP contribution in [-0.4, -0.2) is 13.1 Å². The van der Waals surface area contributed by atoms with Gasteiger partial charge in [0, 0.05) is 12.5 Å². The SMILES string of the molecule is CN[C@H](C)CCC#N. The average molecular weight is 112 g/mol. The third-order valence-electron chi connectivity index (χ3n) is 1.18. The molecule has 0 bridgehead atoms. The van der Waals surface area contributed by atoms with Crippen LogP contribution in [0.25, 0.3) is 0 Å². The number of nitriles is 1. The van der Waals surface area contributed by atoms with Gasteiger partial charge in [-0.2, -0.15) is 5.26 Å². The Balaban J connectivity index is 3.01. The lowest BCUT2D eigenvalue weighted by molar-refractivity contribution is 0.573. The summed E-state index contributed by atoms with van der Waals surface area (Å²) in [5, 5.41) is 11.2. The Kier molecular flexibility index (Phi) is 4.29. The number of hydrogen-bond acceptors (Lipinski definition) is 2. The molecule has 2 nitrogen and oxygen atoms in total. The molecule has 0 fully saturated rings. The molecule has 2 heteroatoms. The third kappa shape index (κ3) is 3.63. The van der Waals surface area contributed by atoms with Crippen LogP contribution < -0.4 is 5.32 Å². The Morgan fingerprint density at radius 3 is 2.75 bits per heavy atom. The maximum Gasteiger partial charge on any atom is 0.0622 e. The Morgan fingerprint density at radius 2 is 2.38 bits per heavy atom. The monoisotopic (exact) mass is 112 g/mol. The van der Waals surface area contributed by atoms with Crippen LogP contribution in [-0.2, 0) is 0 Å². The number of hydrogen-bond donors (Lipinski definition) is 1. The lowest BCUT2D eigenvalue weighted by Crippen LogP contribution is -2.20. The normalized spacial score (nSPS) is 12.6. The predicted octanol–water partition coefficient (Wildman–Crippen LogP) is 0.898. The van der Waals surface area contributed by atoms with Gasteiger partial charge in [-0.15, -0.1) is 0 Å². The first-order valence-corrected chi connectivity index (χ1v) is 2.85. The quantitative estimate of drug-likeness (QED) is 0.588. The summed E-state index contributed by atoms with van der Waals surface area (Å²) in [6.45, 7) is 2.07. The number of rotatable bonds is 3. The molecule has 0 radical (unpaired) electrons. The van der Waals surface area contributed by atoms with Gasteiger partial charge in [-0.3, -0.25) is 0 Å². The summed E-state index contributed by atoms with van der Waals surface area (Å²) in [4.78, 5) is 0. The van der Waals surface area contributed by atoms with Crippen molar-refractivity contribution in [1.29, 1.82) is 5.26 Å². The first-order valence-electron chi connectivity index (χ1n) is 2.85. The number of nitrogens with zero attached hydrogens (tertiary/aromatic N) is 1. The molecule has 0 unspecified atom stereocenters. The lowest BCUT2D eigenvalue weighted by atomic mass is 10.2. The zero-order valence-electron chi connectivity index (χ0n) is 5.44. The topological polar surface area (TPSA) is 35.8 Å². The summed E-state index contributed by atoms with van der Waals surface area (Å²) < 4.78 is 0. The molecular formula is C6H12N2. The molecule has 0 amide bonds. The molecule has 0 rings (SSSR count). The van der Waals surface area contributed by atoms with Crippen molar-refractivity contribution >= 4 is 0 Å². The van der Waals surface area contributed by atoms with Gasteiger partial charge in [-0.05, 0) is 20.4 Å². The van der Waals surface area contributed by atoms with Gasteiger partial charge in [-0.25, -0.2) is 0 Å². The van der Waals surface area contributed by atoms with Crippen LogP contribution in [0.4, 0.5) is 0 Å². The average Bonchev–Trinajstić information content (AvgIpc) is 1.83. The van der Waals surface area contributed by atoms with Crippen LogP contribution in [0.1, 0.15) is 19.8 Å². The Morgan fingerprint density at radius 1 is 1.75 bits per heavy atom. The van der Waals surface area contributed by atoms with Gasteiger partial charge in [0.25, 0.3) is 0 Å². The molecule has 8 heavy (non-hydrogen) atoms. The first-order chi connectivity index (χ1) is 3.81. The van der Waals surface area contributed by atoms with E-state index in [9.17, 15) is 0 Å². The Bertz CT molecular complexity index is 83.0. The summed E-state index contributed by atoms with van der Waals surface area (Å²) in [6, 6.07) is 2.57.